The van der Waals surface area contributed by atoms with Gasteiger partial charge in [0.15, 0.2) is 0 Å². The Morgan fingerprint density at radius 1 is 1.21 bits per heavy atom. The number of benzene rings is 1. The molecule has 0 amide bonds. The minimum atomic E-state index is -0.345. The first-order valence-corrected chi connectivity index (χ1v) is 12.5. The summed E-state index contributed by atoms with van der Waals surface area (Å²) in [5.41, 5.74) is 1.25. The monoisotopic (exact) mass is 478 g/mol. The maximum atomic E-state index is 13.0. The van der Waals surface area contributed by atoms with Crippen LogP contribution in [0.5, 0.6) is 11.5 Å². The molecule has 1 N–H and O–H groups in total. The Morgan fingerprint density at radius 2 is 2.09 bits per heavy atom. The summed E-state index contributed by atoms with van der Waals surface area (Å²) in [6.07, 6.45) is 5.09. The number of ether oxygens (including phenoxy) is 2. The van der Waals surface area contributed by atoms with Crippen molar-refractivity contribution in [2.24, 2.45) is 5.92 Å². The number of thiophene rings is 1. The van der Waals surface area contributed by atoms with E-state index in [1.54, 1.807) is 19.5 Å². The Morgan fingerprint density at radius 3 is 2.97 bits per heavy atom. The highest BCUT2D eigenvalue weighted by Gasteiger charge is 2.40. The molecular weight excluding hydrogens is 452 g/mol. The molecule has 0 saturated carbocycles. The predicted octanol–water partition coefficient (Wildman–Crippen LogP) is 3.20. The zero-order valence-electron chi connectivity index (χ0n) is 19.0. The lowest BCUT2D eigenvalue weighted by Crippen LogP contribution is -2.34. The van der Waals surface area contributed by atoms with E-state index in [-0.39, 0.29) is 11.2 Å². The fourth-order valence-corrected chi connectivity index (χ4v) is 6.53. The van der Waals surface area contributed by atoms with Crippen LogP contribution in [-0.2, 0) is 6.54 Å². The molecule has 34 heavy (non-hydrogen) atoms. The van der Waals surface area contributed by atoms with Crippen molar-refractivity contribution in [3.8, 4) is 11.5 Å². The Kier molecular flexibility index (Phi) is 5.38. The van der Waals surface area contributed by atoms with Gasteiger partial charge in [0.2, 0.25) is 0 Å². The van der Waals surface area contributed by atoms with Gasteiger partial charge in [0, 0.05) is 54.8 Å². The first kappa shape index (κ1) is 21.4. The van der Waals surface area contributed by atoms with Gasteiger partial charge in [-0.15, -0.1) is 11.3 Å². The van der Waals surface area contributed by atoms with Crippen LogP contribution in [0.25, 0.3) is 20.3 Å². The molecule has 8 nitrogen and oxygen atoms in total. The molecule has 2 aliphatic rings. The number of aromatic nitrogens is 3. The normalized spacial score (nSPS) is 19.8. The topological polar surface area (TPSA) is 89.5 Å². The van der Waals surface area contributed by atoms with Crippen molar-refractivity contribution >= 4 is 31.6 Å². The highest BCUT2D eigenvalue weighted by atomic mass is 32.1. The summed E-state index contributed by atoms with van der Waals surface area (Å²) in [7, 11) is 1.71. The molecule has 4 aromatic rings. The van der Waals surface area contributed by atoms with Gasteiger partial charge < -0.3 is 19.4 Å². The maximum absolute atomic E-state index is 13.0. The molecule has 9 heteroatoms. The zero-order valence-corrected chi connectivity index (χ0v) is 19.8. The van der Waals surface area contributed by atoms with Gasteiger partial charge in [0.25, 0.3) is 5.56 Å². The summed E-state index contributed by atoms with van der Waals surface area (Å²) in [4.78, 5) is 35.2. The van der Waals surface area contributed by atoms with Crippen molar-refractivity contribution in [1.82, 2.24) is 19.4 Å². The van der Waals surface area contributed by atoms with Crippen LogP contribution < -0.4 is 20.7 Å². The SMILES string of the molecule is COc1cccc2c1[C@@H]1CN(CCCCn3c(=O)[nH]c4c(sc5cnccc54)c3=O)C[C@H]1CO2. The van der Waals surface area contributed by atoms with Gasteiger partial charge in [0.05, 0.1) is 23.9 Å². The van der Waals surface area contributed by atoms with Crippen molar-refractivity contribution in [2.75, 3.05) is 33.4 Å². The number of pyridine rings is 1. The lowest BCUT2D eigenvalue weighted by Gasteiger charge is -2.29. The summed E-state index contributed by atoms with van der Waals surface area (Å²) in [5.74, 6) is 2.71. The minimum absolute atomic E-state index is 0.215. The summed E-state index contributed by atoms with van der Waals surface area (Å²) in [5, 5.41) is 0.869. The Hall–Kier alpha value is -3.17. The number of rotatable bonds is 6. The number of fused-ring (bicyclic) bond motifs is 6. The maximum Gasteiger partial charge on any atom is 0.328 e. The summed E-state index contributed by atoms with van der Waals surface area (Å²) < 4.78 is 14.4. The van der Waals surface area contributed by atoms with Crippen molar-refractivity contribution in [2.45, 2.75) is 25.3 Å². The van der Waals surface area contributed by atoms with Gasteiger partial charge in [-0.25, -0.2) is 4.79 Å². The van der Waals surface area contributed by atoms with Gasteiger partial charge in [-0.2, -0.15) is 0 Å². The fourth-order valence-electron chi connectivity index (χ4n) is 5.45. The lowest BCUT2D eigenvalue weighted by atomic mass is 9.86. The van der Waals surface area contributed by atoms with E-state index in [0.29, 0.717) is 28.6 Å². The van der Waals surface area contributed by atoms with Gasteiger partial charge in [-0.05, 0) is 37.6 Å². The molecule has 0 unspecified atom stereocenters. The van der Waals surface area contributed by atoms with Crippen LogP contribution in [0.1, 0.15) is 24.3 Å². The lowest BCUT2D eigenvalue weighted by molar-refractivity contribution is 0.209. The van der Waals surface area contributed by atoms with Crippen LogP contribution >= 0.6 is 11.3 Å². The van der Waals surface area contributed by atoms with Gasteiger partial charge in [0.1, 0.15) is 16.2 Å². The van der Waals surface area contributed by atoms with Gasteiger partial charge >= 0.3 is 5.69 Å². The summed E-state index contributed by atoms with van der Waals surface area (Å²) in [6.45, 7) is 4.04. The number of nitrogens with zero attached hydrogens (tertiary/aromatic N) is 3. The Balaban J connectivity index is 1.12. The molecule has 0 spiro atoms. The number of likely N-dealkylation sites (tertiary alicyclic amines) is 1. The van der Waals surface area contributed by atoms with E-state index in [0.717, 1.165) is 60.7 Å². The molecule has 176 valence electrons. The number of hydrogen-bond donors (Lipinski definition) is 1. The summed E-state index contributed by atoms with van der Waals surface area (Å²) in [6, 6.07) is 7.84. The van der Waals surface area contributed by atoms with E-state index in [1.165, 1.54) is 21.5 Å². The number of nitrogens with one attached hydrogen (secondary N) is 1. The average molecular weight is 479 g/mol. The third kappa shape index (κ3) is 3.50. The molecule has 5 heterocycles. The quantitative estimate of drug-likeness (QED) is 0.428. The molecule has 0 bridgehead atoms. The van der Waals surface area contributed by atoms with Crippen LogP contribution in [0, 0.1) is 5.92 Å². The van der Waals surface area contributed by atoms with Crippen LogP contribution in [-0.4, -0.2) is 52.8 Å². The minimum Gasteiger partial charge on any atom is -0.496 e. The molecule has 1 aromatic carbocycles. The molecule has 2 atom stereocenters. The number of hydrogen-bond acceptors (Lipinski definition) is 7. The third-order valence-electron chi connectivity index (χ3n) is 7.10. The zero-order chi connectivity index (χ0) is 23.2. The third-order valence-corrected chi connectivity index (χ3v) is 8.23. The Bertz CT molecular complexity index is 1480. The number of H-pyrrole nitrogens is 1. The van der Waals surface area contributed by atoms with Crippen LogP contribution in [0.4, 0.5) is 0 Å². The molecule has 2 aliphatic heterocycles. The molecule has 3 aromatic heterocycles. The number of methoxy groups -OCH3 is 1. The molecule has 0 aliphatic carbocycles. The fraction of sp³-hybridized carbons (Fsp3) is 0.400. The van der Waals surface area contributed by atoms with Crippen LogP contribution in [0.2, 0.25) is 0 Å². The van der Waals surface area contributed by atoms with Crippen molar-refractivity contribution in [1.29, 1.82) is 0 Å². The van der Waals surface area contributed by atoms with E-state index >= 15 is 0 Å². The molecule has 1 fully saturated rings. The van der Waals surface area contributed by atoms with E-state index in [9.17, 15) is 9.59 Å². The smallest absolute Gasteiger partial charge is 0.328 e. The molecule has 1 saturated heterocycles. The second-order valence-electron chi connectivity index (χ2n) is 9.08. The van der Waals surface area contributed by atoms with Crippen LogP contribution in [0.15, 0.2) is 46.2 Å². The van der Waals surface area contributed by atoms with Gasteiger partial charge in [-0.1, -0.05) is 6.07 Å². The molecule has 0 radical (unpaired) electrons. The van der Waals surface area contributed by atoms with Crippen molar-refractivity contribution in [3.05, 3.63) is 63.1 Å². The molecular formula is C25H26N4O4S. The van der Waals surface area contributed by atoms with Crippen molar-refractivity contribution < 1.29 is 9.47 Å². The second-order valence-corrected chi connectivity index (χ2v) is 10.1. The standard InChI is InChI=1S/C25H26N4O4S/c1-32-18-5-4-6-19-21(18)17-13-28(12-15(17)14-33-19)9-2-3-10-29-24(30)23-22(27-25(29)31)16-7-8-26-11-20(16)34-23/h4-8,11,15,17H,2-3,9-10,12-14H2,1H3,(H,27,31)/t15-,17+/m0/s1. The highest BCUT2D eigenvalue weighted by molar-refractivity contribution is 7.25. The Labute approximate surface area is 199 Å². The van der Waals surface area contributed by atoms with Crippen molar-refractivity contribution in [3.63, 3.8) is 0 Å². The van der Waals surface area contributed by atoms with E-state index < -0.39 is 0 Å². The number of unbranched alkanes of at least 4 members (excludes halogenated alkanes) is 1. The first-order valence-electron chi connectivity index (χ1n) is 11.7. The van der Waals surface area contributed by atoms with Gasteiger partial charge in [-0.3, -0.25) is 14.3 Å². The first-order chi connectivity index (χ1) is 16.6. The number of aromatic amines is 1. The van der Waals surface area contributed by atoms with E-state index in [1.807, 2.05) is 24.3 Å². The van der Waals surface area contributed by atoms with E-state index in [4.69, 9.17) is 9.47 Å². The largest absolute Gasteiger partial charge is 0.496 e. The van der Waals surface area contributed by atoms with E-state index in [2.05, 4.69) is 14.9 Å². The summed E-state index contributed by atoms with van der Waals surface area (Å²) >= 11 is 1.38. The highest BCUT2D eigenvalue weighted by Crippen LogP contribution is 2.46. The predicted molar refractivity (Wildman–Crippen MR) is 132 cm³/mol. The second kappa shape index (κ2) is 8.56. The average Bonchev–Trinajstić information content (AvgIpc) is 3.44. The van der Waals surface area contributed by atoms with Crippen LogP contribution in [0.3, 0.4) is 0 Å². The molecule has 6 rings (SSSR count).